The second-order valence-corrected chi connectivity index (χ2v) is 5.06. The van der Waals surface area contributed by atoms with Gasteiger partial charge in [-0.3, -0.25) is 0 Å². The molecule has 0 aromatic rings. The van der Waals surface area contributed by atoms with Crippen LogP contribution in [0, 0.1) is 0 Å². The van der Waals surface area contributed by atoms with Gasteiger partial charge >= 0.3 is 0 Å². The number of ether oxygens (including phenoxy) is 3. The Morgan fingerprint density at radius 1 is 1.14 bits per heavy atom. The third-order valence-electron chi connectivity index (χ3n) is 2.36. The van der Waals surface area contributed by atoms with Crippen LogP contribution >= 0.6 is 22.6 Å². The molecule has 1 aliphatic rings. The molecule has 1 fully saturated rings. The van der Waals surface area contributed by atoms with Crippen LogP contribution in [0.5, 0.6) is 0 Å². The molecule has 0 bridgehead atoms. The topological polar surface area (TPSA) is 27.7 Å². The highest BCUT2D eigenvalue weighted by Gasteiger charge is 2.24. The van der Waals surface area contributed by atoms with Crippen molar-refractivity contribution in [3.63, 3.8) is 0 Å². The van der Waals surface area contributed by atoms with Gasteiger partial charge in [-0.05, 0) is 19.3 Å². The zero-order chi connectivity index (χ0) is 10.2. The highest BCUT2D eigenvalue weighted by molar-refractivity contribution is 14.1. The molecule has 0 aliphatic heterocycles. The number of rotatable bonds is 7. The summed E-state index contributed by atoms with van der Waals surface area (Å²) >= 11 is 2.48. The predicted octanol–water partition coefficient (Wildman–Crippen LogP) is 2.02. The molecule has 84 valence electrons. The lowest BCUT2D eigenvalue weighted by Crippen LogP contribution is -2.20. The molecule has 1 aliphatic carbocycles. The molecule has 1 saturated carbocycles. The summed E-state index contributed by atoms with van der Waals surface area (Å²) in [5.74, 6) is 0. The van der Waals surface area contributed by atoms with Crippen LogP contribution in [0.15, 0.2) is 0 Å². The fraction of sp³-hybridized carbons (Fsp3) is 1.00. The summed E-state index contributed by atoms with van der Waals surface area (Å²) in [6.45, 7) is 2.73. The molecule has 14 heavy (non-hydrogen) atoms. The van der Waals surface area contributed by atoms with E-state index in [0.717, 1.165) is 0 Å². The minimum absolute atomic E-state index is 0.460. The summed E-state index contributed by atoms with van der Waals surface area (Å²) in [7, 11) is 1.68. The molecule has 0 N–H and O–H groups in total. The van der Waals surface area contributed by atoms with Crippen LogP contribution in [0.4, 0.5) is 0 Å². The molecular weight excluding hydrogens is 295 g/mol. The second kappa shape index (κ2) is 7.84. The standard InChI is InChI=1S/C10H19IO3/c1-12-5-6-13-7-8-14-10-4-2-3-9(10)11/h9-10H,2-8H2,1H3. The molecule has 1 rings (SSSR count). The van der Waals surface area contributed by atoms with Gasteiger partial charge in [-0.15, -0.1) is 0 Å². The van der Waals surface area contributed by atoms with E-state index < -0.39 is 0 Å². The van der Waals surface area contributed by atoms with Gasteiger partial charge in [0, 0.05) is 11.0 Å². The minimum atomic E-state index is 0.460. The van der Waals surface area contributed by atoms with E-state index in [9.17, 15) is 0 Å². The molecule has 0 saturated heterocycles. The zero-order valence-electron chi connectivity index (χ0n) is 8.71. The maximum Gasteiger partial charge on any atom is 0.0704 e. The Labute approximate surface area is 99.6 Å². The summed E-state index contributed by atoms with van der Waals surface area (Å²) < 4.78 is 16.6. The zero-order valence-corrected chi connectivity index (χ0v) is 10.9. The lowest BCUT2D eigenvalue weighted by molar-refractivity contribution is -0.00104. The molecule has 2 atom stereocenters. The molecule has 0 heterocycles. The number of methoxy groups -OCH3 is 1. The summed E-state index contributed by atoms with van der Waals surface area (Å²) in [6.07, 6.45) is 4.28. The first-order valence-corrected chi connectivity index (χ1v) is 6.41. The van der Waals surface area contributed by atoms with Crippen LogP contribution in [-0.2, 0) is 14.2 Å². The van der Waals surface area contributed by atoms with Gasteiger partial charge < -0.3 is 14.2 Å². The van der Waals surface area contributed by atoms with E-state index in [0.29, 0.717) is 36.5 Å². The van der Waals surface area contributed by atoms with E-state index in [4.69, 9.17) is 14.2 Å². The van der Waals surface area contributed by atoms with Gasteiger partial charge in [-0.25, -0.2) is 0 Å². The van der Waals surface area contributed by atoms with Crippen molar-refractivity contribution >= 4 is 22.6 Å². The lowest BCUT2D eigenvalue weighted by atomic mass is 10.3. The number of alkyl halides is 1. The Morgan fingerprint density at radius 2 is 1.93 bits per heavy atom. The SMILES string of the molecule is COCCOCCOC1CCCC1I. The molecule has 2 unspecified atom stereocenters. The summed E-state index contributed by atoms with van der Waals surface area (Å²) in [6, 6.07) is 0. The van der Waals surface area contributed by atoms with E-state index in [1.54, 1.807) is 7.11 Å². The van der Waals surface area contributed by atoms with Crippen LogP contribution in [0.1, 0.15) is 19.3 Å². The van der Waals surface area contributed by atoms with Crippen molar-refractivity contribution in [2.75, 3.05) is 33.5 Å². The first kappa shape index (κ1) is 12.7. The number of halogens is 1. The Hall–Kier alpha value is 0.610. The average molecular weight is 314 g/mol. The predicted molar refractivity (Wildman–Crippen MR) is 64.1 cm³/mol. The Morgan fingerprint density at radius 3 is 2.57 bits per heavy atom. The molecule has 0 amide bonds. The molecule has 0 aromatic carbocycles. The van der Waals surface area contributed by atoms with Crippen LogP contribution in [0.25, 0.3) is 0 Å². The quantitative estimate of drug-likeness (QED) is 0.409. The minimum Gasteiger partial charge on any atom is -0.382 e. The summed E-state index contributed by atoms with van der Waals surface area (Å²) in [5.41, 5.74) is 0. The van der Waals surface area contributed by atoms with Gasteiger partial charge in [0.05, 0.1) is 32.5 Å². The van der Waals surface area contributed by atoms with Crippen LogP contribution < -0.4 is 0 Å². The second-order valence-electron chi connectivity index (χ2n) is 3.46. The van der Waals surface area contributed by atoms with Crippen molar-refractivity contribution < 1.29 is 14.2 Å². The Bertz CT molecular complexity index is 143. The van der Waals surface area contributed by atoms with Gasteiger partial charge in [-0.1, -0.05) is 22.6 Å². The van der Waals surface area contributed by atoms with Crippen molar-refractivity contribution in [2.45, 2.75) is 29.3 Å². The third kappa shape index (κ3) is 4.91. The highest BCUT2D eigenvalue weighted by Crippen LogP contribution is 2.28. The van der Waals surface area contributed by atoms with Crippen LogP contribution in [0.3, 0.4) is 0 Å². The normalized spacial score (nSPS) is 27.0. The van der Waals surface area contributed by atoms with Gasteiger partial charge in [-0.2, -0.15) is 0 Å². The number of hydrogen-bond donors (Lipinski definition) is 0. The highest BCUT2D eigenvalue weighted by atomic mass is 127. The van der Waals surface area contributed by atoms with Crippen LogP contribution in [-0.4, -0.2) is 43.6 Å². The summed E-state index contributed by atoms with van der Waals surface area (Å²) in [4.78, 5) is 0. The molecule has 0 spiro atoms. The molecule has 0 radical (unpaired) electrons. The molecule has 3 nitrogen and oxygen atoms in total. The largest absolute Gasteiger partial charge is 0.382 e. The monoisotopic (exact) mass is 314 g/mol. The first-order chi connectivity index (χ1) is 6.84. The summed E-state index contributed by atoms with van der Waals surface area (Å²) in [5, 5.41) is 0. The van der Waals surface area contributed by atoms with Gasteiger partial charge in [0.25, 0.3) is 0 Å². The van der Waals surface area contributed by atoms with E-state index in [2.05, 4.69) is 22.6 Å². The van der Waals surface area contributed by atoms with Gasteiger partial charge in [0.15, 0.2) is 0 Å². The lowest BCUT2D eigenvalue weighted by Gasteiger charge is -2.15. The Balaban J connectivity index is 1.88. The van der Waals surface area contributed by atoms with Crippen molar-refractivity contribution in [1.29, 1.82) is 0 Å². The molecular formula is C10H19IO3. The van der Waals surface area contributed by atoms with Gasteiger partial charge in [0.1, 0.15) is 0 Å². The van der Waals surface area contributed by atoms with Crippen LogP contribution in [0.2, 0.25) is 0 Å². The fourth-order valence-corrected chi connectivity index (χ4v) is 2.58. The van der Waals surface area contributed by atoms with E-state index in [1.165, 1.54) is 19.3 Å². The Kier molecular flexibility index (Phi) is 7.10. The van der Waals surface area contributed by atoms with Crippen molar-refractivity contribution in [3.8, 4) is 0 Å². The maximum atomic E-state index is 5.72. The van der Waals surface area contributed by atoms with E-state index >= 15 is 0 Å². The molecule has 4 heteroatoms. The average Bonchev–Trinajstić information content (AvgIpc) is 2.58. The first-order valence-electron chi connectivity index (χ1n) is 5.17. The van der Waals surface area contributed by atoms with Crippen molar-refractivity contribution in [2.24, 2.45) is 0 Å². The molecule has 0 aromatic heterocycles. The fourth-order valence-electron chi connectivity index (χ4n) is 1.57. The smallest absolute Gasteiger partial charge is 0.0704 e. The van der Waals surface area contributed by atoms with Crippen molar-refractivity contribution in [3.05, 3.63) is 0 Å². The third-order valence-corrected chi connectivity index (χ3v) is 3.79. The van der Waals surface area contributed by atoms with Crippen molar-refractivity contribution in [1.82, 2.24) is 0 Å². The van der Waals surface area contributed by atoms with E-state index in [-0.39, 0.29) is 0 Å². The maximum absolute atomic E-state index is 5.72. The van der Waals surface area contributed by atoms with Gasteiger partial charge in [0.2, 0.25) is 0 Å². The number of hydrogen-bond acceptors (Lipinski definition) is 3. The van der Waals surface area contributed by atoms with E-state index in [1.807, 2.05) is 0 Å².